The van der Waals surface area contributed by atoms with Crippen LogP contribution in [-0.4, -0.2) is 18.0 Å². The van der Waals surface area contributed by atoms with E-state index in [2.05, 4.69) is 6.07 Å². The fourth-order valence-corrected chi connectivity index (χ4v) is 3.84. The molecule has 0 N–H and O–H groups in total. The normalized spacial score (nSPS) is 26.7. The summed E-state index contributed by atoms with van der Waals surface area (Å²) < 4.78 is 10.9. The number of esters is 2. The number of hydrogen-bond donors (Lipinski definition) is 0. The molecule has 4 atom stereocenters. The van der Waals surface area contributed by atoms with Crippen LogP contribution in [0.25, 0.3) is 5.57 Å². The average molecular weight is 414 g/mol. The van der Waals surface area contributed by atoms with Crippen molar-refractivity contribution >= 4 is 40.7 Å². The minimum Gasteiger partial charge on any atom is -0.393 e. The quantitative estimate of drug-likeness (QED) is 0.424. The Kier molecular flexibility index (Phi) is 4.94. The maximum Gasteiger partial charge on any atom is 0.320 e. The summed E-state index contributed by atoms with van der Waals surface area (Å²) in [5.74, 6) is -2.82. The molecule has 0 aliphatic carbocycles. The molecular formula is C21H13Cl2NO4. The molecule has 0 unspecified atom stereocenters. The van der Waals surface area contributed by atoms with Crippen molar-refractivity contribution < 1.29 is 19.1 Å². The molecule has 2 saturated heterocycles. The molecule has 140 valence electrons. The number of rotatable bonds is 3. The van der Waals surface area contributed by atoms with Crippen LogP contribution < -0.4 is 0 Å². The standard InChI is InChI=1S/C21H13Cl2NO4/c22-14-5-1-11(2-6-14)13(10-24)9-16-17-18(21(26)28-20(17)25)19(27-16)12-3-7-15(23)8-4-12/h1-9,16-19H/b13-9+/t16-,17+,18+,19+/m0/s1. The predicted molar refractivity (Wildman–Crippen MR) is 102 cm³/mol. The minimum absolute atomic E-state index is 0.323. The van der Waals surface area contributed by atoms with Gasteiger partial charge in [-0.3, -0.25) is 9.59 Å². The van der Waals surface area contributed by atoms with E-state index < -0.39 is 36.0 Å². The van der Waals surface area contributed by atoms with Gasteiger partial charge in [-0.25, -0.2) is 0 Å². The van der Waals surface area contributed by atoms with Gasteiger partial charge in [-0.15, -0.1) is 0 Å². The van der Waals surface area contributed by atoms with Gasteiger partial charge in [0.1, 0.15) is 11.8 Å². The van der Waals surface area contributed by atoms with Gasteiger partial charge in [0.15, 0.2) is 0 Å². The Balaban J connectivity index is 1.71. The number of nitrogens with zero attached hydrogens (tertiary/aromatic N) is 1. The topological polar surface area (TPSA) is 76.4 Å². The highest BCUT2D eigenvalue weighted by molar-refractivity contribution is 6.30. The van der Waals surface area contributed by atoms with E-state index in [0.29, 0.717) is 26.7 Å². The maximum absolute atomic E-state index is 12.3. The number of benzene rings is 2. The molecule has 2 aliphatic heterocycles. The molecule has 2 fully saturated rings. The van der Waals surface area contributed by atoms with Gasteiger partial charge < -0.3 is 9.47 Å². The van der Waals surface area contributed by atoms with Crippen molar-refractivity contribution in [3.05, 3.63) is 75.8 Å². The van der Waals surface area contributed by atoms with Crippen molar-refractivity contribution in [1.29, 1.82) is 5.26 Å². The van der Waals surface area contributed by atoms with Gasteiger partial charge in [0.25, 0.3) is 0 Å². The lowest BCUT2D eigenvalue weighted by Crippen LogP contribution is -2.22. The Morgan fingerprint density at radius 2 is 1.50 bits per heavy atom. The van der Waals surface area contributed by atoms with Crippen molar-refractivity contribution in [1.82, 2.24) is 0 Å². The minimum atomic E-state index is -0.802. The van der Waals surface area contributed by atoms with E-state index in [1.54, 1.807) is 54.6 Å². The van der Waals surface area contributed by atoms with E-state index in [4.69, 9.17) is 32.7 Å². The molecule has 2 aromatic rings. The molecule has 2 aliphatic rings. The molecule has 7 heteroatoms. The van der Waals surface area contributed by atoms with Crippen molar-refractivity contribution in [2.24, 2.45) is 11.8 Å². The van der Waals surface area contributed by atoms with E-state index in [1.165, 1.54) is 0 Å². The molecule has 2 aromatic carbocycles. The predicted octanol–water partition coefficient (Wildman–Crippen LogP) is 4.36. The zero-order chi connectivity index (χ0) is 19.8. The number of ether oxygens (including phenoxy) is 2. The van der Waals surface area contributed by atoms with Crippen LogP contribution in [-0.2, 0) is 19.1 Å². The van der Waals surface area contributed by atoms with E-state index in [1.807, 2.05) is 0 Å². The summed E-state index contributed by atoms with van der Waals surface area (Å²) in [6.45, 7) is 0. The van der Waals surface area contributed by atoms with Gasteiger partial charge >= 0.3 is 11.9 Å². The second kappa shape index (κ2) is 7.40. The number of nitriles is 1. The molecule has 2 heterocycles. The fourth-order valence-electron chi connectivity index (χ4n) is 3.59. The third-order valence-electron chi connectivity index (χ3n) is 4.92. The number of fused-ring (bicyclic) bond motifs is 1. The first kappa shape index (κ1) is 18.7. The third-order valence-corrected chi connectivity index (χ3v) is 5.43. The van der Waals surface area contributed by atoms with Gasteiger partial charge in [0, 0.05) is 10.0 Å². The van der Waals surface area contributed by atoms with Gasteiger partial charge in [-0.05, 0) is 41.5 Å². The molecule has 28 heavy (non-hydrogen) atoms. The summed E-state index contributed by atoms with van der Waals surface area (Å²) in [7, 11) is 0. The number of cyclic esters (lactones) is 2. The molecule has 0 spiro atoms. The second-order valence-electron chi connectivity index (χ2n) is 6.56. The summed E-state index contributed by atoms with van der Waals surface area (Å²) >= 11 is 11.8. The molecule has 0 saturated carbocycles. The molecule has 0 radical (unpaired) electrons. The lowest BCUT2D eigenvalue weighted by atomic mass is 9.86. The first-order valence-electron chi connectivity index (χ1n) is 8.52. The zero-order valence-corrected chi connectivity index (χ0v) is 15.9. The summed E-state index contributed by atoms with van der Waals surface area (Å²) in [6.07, 6.45) is 0.138. The average Bonchev–Trinajstić information content (AvgIpc) is 3.20. The van der Waals surface area contributed by atoms with Crippen LogP contribution in [0.4, 0.5) is 0 Å². The second-order valence-corrected chi connectivity index (χ2v) is 7.44. The summed E-state index contributed by atoms with van der Waals surface area (Å²) in [6, 6.07) is 15.7. The van der Waals surface area contributed by atoms with Crippen LogP contribution in [0.2, 0.25) is 10.0 Å². The lowest BCUT2D eigenvalue weighted by Gasteiger charge is -2.16. The summed E-state index contributed by atoms with van der Waals surface area (Å²) in [4.78, 5) is 24.6. The van der Waals surface area contributed by atoms with Crippen LogP contribution in [0.15, 0.2) is 54.6 Å². The first-order chi connectivity index (χ1) is 13.5. The largest absolute Gasteiger partial charge is 0.393 e. The Bertz CT molecular complexity index is 1010. The Labute approximate surface area is 171 Å². The fraction of sp³-hybridized carbons (Fsp3) is 0.190. The molecule has 0 bridgehead atoms. The van der Waals surface area contributed by atoms with Crippen molar-refractivity contribution in [2.75, 3.05) is 0 Å². The molecular weight excluding hydrogens is 401 g/mol. The smallest absolute Gasteiger partial charge is 0.320 e. The van der Waals surface area contributed by atoms with Crippen molar-refractivity contribution in [2.45, 2.75) is 12.2 Å². The first-order valence-corrected chi connectivity index (χ1v) is 9.28. The molecule has 4 rings (SSSR count). The molecule has 5 nitrogen and oxygen atoms in total. The number of carbonyl (C=O) groups is 2. The molecule has 0 amide bonds. The Morgan fingerprint density at radius 1 is 0.929 bits per heavy atom. The van der Waals surface area contributed by atoms with E-state index >= 15 is 0 Å². The van der Waals surface area contributed by atoms with E-state index in [9.17, 15) is 14.9 Å². The number of carbonyl (C=O) groups excluding carboxylic acids is 2. The van der Waals surface area contributed by atoms with Gasteiger partial charge in [0.2, 0.25) is 0 Å². The molecule has 0 aromatic heterocycles. The summed E-state index contributed by atoms with van der Waals surface area (Å²) in [5.41, 5.74) is 1.68. The number of halogens is 2. The maximum atomic E-state index is 12.3. The Hall–Kier alpha value is -2.65. The van der Waals surface area contributed by atoms with E-state index in [-0.39, 0.29) is 0 Å². The van der Waals surface area contributed by atoms with Crippen LogP contribution in [0.5, 0.6) is 0 Å². The monoisotopic (exact) mass is 413 g/mol. The summed E-state index contributed by atoms with van der Waals surface area (Å²) in [5, 5.41) is 10.7. The van der Waals surface area contributed by atoms with Crippen LogP contribution in [0.1, 0.15) is 17.2 Å². The SMILES string of the molecule is N#C/C(=C\[C@@H]1O[C@H](c2ccc(Cl)cc2)[C@@H]2C(=O)OC(=O)[C@@H]21)c1ccc(Cl)cc1. The van der Waals surface area contributed by atoms with E-state index in [0.717, 1.165) is 0 Å². The van der Waals surface area contributed by atoms with Crippen molar-refractivity contribution in [3.8, 4) is 6.07 Å². The van der Waals surface area contributed by atoms with Gasteiger partial charge in [-0.2, -0.15) is 5.26 Å². The van der Waals surface area contributed by atoms with Crippen LogP contribution in [0, 0.1) is 23.2 Å². The van der Waals surface area contributed by atoms with Crippen molar-refractivity contribution in [3.63, 3.8) is 0 Å². The highest BCUT2D eigenvalue weighted by atomic mass is 35.5. The third kappa shape index (κ3) is 3.31. The van der Waals surface area contributed by atoms with Gasteiger partial charge in [0.05, 0.1) is 23.9 Å². The zero-order valence-electron chi connectivity index (χ0n) is 14.3. The van der Waals surface area contributed by atoms with Crippen LogP contribution in [0.3, 0.4) is 0 Å². The van der Waals surface area contributed by atoms with Gasteiger partial charge in [-0.1, -0.05) is 47.5 Å². The highest BCUT2D eigenvalue weighted by Crippen LogP contribution is 2.48. The van der Waals surface area contributed by atoms with Crippen LogP contribution >= 0.6 is 23.2 Å². The Morgan fingerprint density at radius 3 is 2.11 bits per heavy atom. The number of hydrogen-bond acceptors (Lipinski definition) is 5. The lowest BCUT2D eigenvalue weighted by molar-refractivity contribution is -0.157. The highest BCUT2D eigenvalue weighted by Gasteiger charge is 2.58. The number of allylic oxidation sites excluding steroid dienone is 1.